The molecular formula is C19H19ClN2O5S. The van der Waals surface area contributed by atoms with Gasteiger partial charge in [-0.15, -0.1) is 0 Å². The van der Waals surface area contributed by atoms with E-state index < -0.39 is 10.0 Å². The zero-order valence-corrected chi connectivity index (χ0v) is 16.5. The molecule has 0 aromatic heterocycles. The van der Waals surface area contributed by atoms with E-state index in [4.69, 9.17) is 21.1 Å². The van der Waals surface area contributed by atoms with Gasteiger partial charge in [-0.1, -0.05) is 11.6 Å². The highest BCUT2D eigenvalue weighted by Crippen LogP contribution is 2.32. The van der Waals surface area contributed by atoms with Gasteiger partial charge in [0.1, 0.15) is 12.4 Å². The average Bonchev–Trinajstić information content (AvgIpc) is 3.28. The van der Waals surface area contributed by atoms with E-state index in [2.05, 4.69) is 10.0 Å². The van der Waals surface area contributed by atoms with E-state index in [0.717, 1.165) is 12.8 Å². The van der Waals surface area contributed by atoms with Crippen molar-refractivity contribution in [1.82, 2.24) is 0 Å². The molecule has 0 unspecified atom stereocenters. The predicted octanol–water partition coefficient (Wildman–Crippen LogP) is 3.19. The highest BCUT2D eigenvalue weighted by Gasteiger charge is 2.23. The lowest BCUT2D eigenvalue weighted by molar-refractivity contribution is -0.115. The second kappa shape index (κ2) is 7.62. The van der Waals surface area contributed by atoms with Crippen LogP contribution >= 0.6 is 11.6 Å². The molecule has 1 amide bonds. The topological polar surface area (TPSA) is 93.7 Å². The zero-order chi connectivity index (χ0) is 19.7. The third kappa shape index (κ3) is 4.09. The Labute approximate surface area is 168 Å². The molecule has 0 aliphatic carbocycles. The number of anilines is 2. The van der Waals surface area contributed by atoms with Crippen LogP contribution in [-0.4, -0.2) is 33.6 Å². The maximum Gasteiger partial charge on any atom is 0.262 e. The number of carbonyl (C=O) groups excluding carboxylic acids is 1. The largest absolute Gasteiger partial charge is 0.489 e. The fourth-order valence-corrected chi connectivity index (χ4v) is 4.53. The molecule has 2 heterocycles. The fraction of sp³-hybridized carbons (Fsp3) is 0.316. The summed E-state index contributed by atoms with van der Waals surface area (Å²) in [6, 6.07) is 9.29. The first-order chi connectivity index (χ1) is 13.4. The molecule has 0 saturated carbocycles. The molecule has 28 heavy (non-hydrogen) atoms. The molecule has 4 rings (SSSR count). The van der Waals surface area contributed by atoms with E-state index in [1.807, 2.05) is 0 Å². The molecule has 0 radical (unpaired) electrons. The molecule has 2 aromatic rings. The highest BCUT2D eigenvalue weighted by atomic mass is 35.5. The molecule has 0 spiro atoms. The molecule has 9 heteroatoms. The van der Waals surface area contributed by atoms with Crippen LogP contribution in [0.5, 0.6) is 5.75 Å². The first-order valence-electron chi connectivity index (χ1n) is 8.90. The number of amides is 1. The number of carbonyl (C=O) groups is 1. The van der Waals surface area contributed by atoms with E-state index in [0.29, 0.717) is 35.2 Å². The van der Waals surface area contributed by atoms with Crippen molar-refractivity contribution in [3.05, 3.63) is 47.0 Å². The third-order valence-electron chi connectivity index (χ3n) is 4.65. The normalized spacial score (nSPS) is 18.6. The summed E-state index contributed by atoms with van der Waals surface area (Å²) in [6.45, 7) is 1.05. The standard InChI is InChI=1S/C19H19ClN2O5S/c20-13-3-6-18(27-11-14-2-1-7-26-14)17(10-13)22-28(24,25)15-4-5-16-12(8-15)9-19(23)21-16/h3-6,8,10,14,22H,1-2,7,9,11H2,(H,21,23)/t14-/m0/s1. The molecular weight excluding hydrogens is 404 g/mol. The Bertz CT molecular complexity index is 1020. The van der Waals surface area contributed by atoms with Crippen LogP contribution in [0, 0.1) is 0 Å². The van der Waals surface area contributed by atoms with Crippen molar-refractivity contribution in [3.8, 4) is 5.75 Å². The summed E-state index contributed by atoms with van der Waals surface area (Å²) in [4.78, 5) is 11.6. The van der Waals surface area contributed by atoms with Gasteiger partial charge >= 0.3 is 0 Å². The van der Waals surface area contributed by atoms with Crippen molar-refractivity contribution in [2.45, 2.75) is 30.3 Å². The van der Waals surface area contributed by atoms with E-state index in [1.54, 1.807) is 18.2 Å². The van der Waals surface area contributed by atoms with Crippen LogP contribution in [-0.2, 0) is 26.0 Å². The molecule has 148 valence electrons. The second-order valence-electron chi connectivity index (χ2n) is 6.74. The predicted molar refractivity (Wildman–Crippen MR) is 106 cm³/mol. The van der Waals surface area contributed by atoms with Gasteiger partial charge in [-0.3, -0.25) is 9.52 Å². The van der Waals surface area contributed by atoms with E-state index in [9.17, 15) is 13.2 Å². The van der Waals surface area contributed by atoms with E-state index in [-0.39, 0.29) is 29.0 Å². The maximum absolute atomic E-state index is 12.9. The van der Waals surface area contributed by atoms with Crippen molar-refractivity contribution in [2.24, 2.45) is 0 Å². The Morgan fingerprint density at radius 2 is 2.11 bits per heavy atom. The molecule has 2 N–H and O–H groups in total. The maximum atomic E-state index is 12.9. The lowest BCUT2D eigenvalue weighted by atomic mass is 10.2. The number of fused-ring (bicyclic) bond motifs is 1. The smallest absolute Gasteiger partial charge is 0.262 e. The number of sulfonamides is 1. The molecule has 7 nitrogen and oxygen atoms in total. The molecule has 1 saturated heterocycles. The first kappa shape index (κ1) is 19.0. The van der Waals surface area contributed by atoms with Crippen LogP contribution in [0.25, 0.3) is 0 Å². The number of nitrogens with one attached hydrogen (secondary N) is 2. The Hall–Kier alpha value is -2.29. The van der Waals surface area contributed by atoms with Gasteiger partial charge in [0, 0.05) is 17.3 Å². The Morgan fingerprint density at radius 3 is 2.89 bits per heavy atom. The summed E-state index contributed by atoms with van der Waals surface area (Å²) >= 11 is 6.05. The van der Waals surface area contributed by atoms with Gasteiger partial charge in [-0.25, -0.2) is 8.42 Å². The molecule has 2 aromatic carbocycles. The Kier molecular flexibility index (Phi) is 5.18. The summed E-state index contributed by atoms with van der Waals surface area (Å²) in [6.07, 6.45) is 2.06. The molecule has 2 aliphatic rings. The lowest BCUT2D eigenvalue weighted by Crippen LogP contribution is -2.18. The van der Waals surface area contributed by atoms with Crippen LogP contribution in [0.4, 0.5) is 11.4 Å². The highest BCUT2D eigenvalue weighted by molar-refractivity contribution is 7.92. The number of ether oxygens (including phenoxy) is 2. The van der Waals surface area contributed by atoms with Crippen LogP contribution in [0.15, 0.2) is 41.3 Å². The van der Waals surface area contributed by atoms with Crippen LogP contribution < -0.4 is 14.8 Å². The third-order valence-corrected chi connectivity index (χ3v) is 6.25. The Morgan fingerprint density at radius 1 is 1.25 bits per heavy atom. The monoisotopic (exact) mass is 422 g/mol. The molecule has 1 fully saturated rings. The minimum absolute atomic E-state index is 0.00174. The van der Waals surface area contributed by atoms with Crippen LogP contribution in [0.3, 0.4) is 0 Å². The van der Waals surface area contributed by atoms with Crippen molar-refractivity contribution in [3.63, 3.8) is 0 Å². The zero-order valence-electron chi connectivity index (χ0n) is 14.9. The minimum atomic E-state index is -3.89. The number of halogens is 1. The van der Waals surface area contributed by atoms with E-state index >= 15 is 0 Å². The van der Waals surface area contributed by atoms with Gasteiger partial charge in [0.05, 0.1) is 23.1 Å². The first-order valence-corrected chi connectivity index (χ1v) is 10.8. The van der Waals surface area contributed by atoms with Gasteiger partial charge in [0.15, 0.2) is 0 Å². The second-order valence-corrected chi connectivity index (χ2v) is 8.85. The lowest BCUT2D eigenvalue weighted by Gasteiger charge is -2.16. The van der Waals surface area contributed by atoms with Gasteiger partial charge in [0.2, 0.25) is 5.91 Å². The summed E-state index contributed by atoms with van der Waals surface area (Å²) in [7, 11) is -3.89. The molecule has 2 aliphatic heterocycles. The SMILES string of the molecule is O=C1Cc2cc(S(=O)(=O)Nc3cc(Cl)ccc3OC[C@@H]3CCCO3)ccc2N1. The summed E-state index contributed by atoms with van der Waals surface area (Å²) in [5.74, 6) is 0.221. The van der Waals surface area contributed by atoms with Crippen molar-refractivity contribution in [1.29, 1.82) is 0 Å². The van der Waals surface area contributed by atoms with Gasteiger partial charge in [0.25, 0.3) is 10.0 Å². The Balaban J connectivity index is 1.56. The fourth-order valence-electron chi connectivity index (χ4n) is 3.24. The summed E-state index contributed by atoms with van der Waals surface area (Å²) in [5, 5.41) is 3.06. The quantitative estimate of drug-likeness (QED) is 0.745. The van der Waals surface area contributed by atoms with Crippen LogP contribution in [0.2, 0.25) is 5.02 Å². The number of rotatable bonds is 6. The van der Waals surface area contributed by atoms with Gasteiger partial charge in [-0.2, -0.15) is 0 Å². The molecule has 1 atom stereocenters. The number of benzene rings is 2. The van der Waals surface area contributed by atoms with Crippen molar-refractivity contribution in [2.75, 3.05) is 23.3 Å². The van der Waals surface area contributed by atoms with Crippen LogP contribution in [0.1, 0.15) is 18.4 Å². The van der Waals surface area contributed by atoms with Crippen molar-refractivity contribution < 1.29 is 22.7 Å². The van der Waals surface area contributed by atoms with E-state index in [1.165, 1.54) is 18.2 Å². The number of hydrogen-bond acceptors (Lipinski definition) is 5. The van der Waals surface area contributed by atoms with Crippen molar-refractivity contribution >= 4 is 38.9 Å². The summed E-state index contributed by atoms with van der Waals surface area (Å²) < 4.78 is 39.6. The molecule has 0 bridgehead atoms. The van der Waals surface area contributed by atoms with Gasteiger partial charge < -0.3 is 14.8 Å². The number of hydrogen-bond donors (Lipinski definition) is 2. The average molecular weight is 423 g/mol. The summed E-state index contributed by atoms with van der Waals surface area (Å²) in [5.41, 5.74) is 1.53. The minimum Gasteiger partial charge on any atom is -0.489 e. The van der Waals surface area contributed by atoms with Gasteiger partial charge in [-0.05, 0) is 54.8 Å².